The maximum absolute atomic E-state index is 6.25. The number of aryl methyl sites for hydroxylation is 2. The molecule has 8 nitrogen and oxygen atoms in total. The summed E-state index contributed by atoms with van der Waals surface area (Å²) in [6.07, 6.45) is 0. The van der Waals surface area contributed by atoms with E-state index in [0.717, 1.165) is 17.1 Å². The molecule has 8 heteroatoms. The molecule has 0 radical (unpaired) electrons. The molecule has 0 atom stereocenters. The number of anilines is 2. The molecule has 0 bridgehead atoms. The summed E-state index contributed by atoms with van der Waals surface area (Å²) in [5.74, 6) is 1.26. The van der Waals surface area contributed by atoms with E-state index in [9.17, 15) is 0 Å². The second kappa shape index (κ2) is 4.44. The van der Waals surface area contributed by atoms with Crippen molar-refractivity contribution in [3.05, 3.63) is 23.1 Å². The Morgan fingerprint density at radius 2 is 1.81 bits per heavy atom. The van der Waals surface area contributed by atoms with Gasteiger partial charge in [0.05, 0.1) is 11.4 Å². The summed E-state index contributed by atoms with van der Waals surface area (Å²) in [4.78, 5) is 8.45. The lowest BCUT2D eigenvalue weighted by Gasteiger charge is -2.14. The van der Waals surface area contributed by atoms with Crippen LogP contribution in [0.15, 0.2) is 6.07 Å². The zero-order chi connectivity index (χ0) is 15.3. The number of nitrogens with zero attached hydrogens (tertiary/aromatic N) is 6. The molecular formula is C13H18N8. The summed E-state index contributed by atoms with van der Waals surface area (Å²) in [6.45, 7) is 8.04. The van der Waals surface area contributed by atoms with Crippen molar-refractivity contribution < 1.29 is 0 Å². The van der Waals surface area contributed by atoms with E-state index < -0.39 is 0 Å². The van der Waals surface area contributed by atoms with Crippen molar-refractivity contribution in [3.8, 4) is 5.69 Å². The van der Waals surface area contributed by atoms with Crippen molar-refractivity contribution in [2.24, 2.45) is 0 Å². The first-order chi connectivity index (χ1) is 9.88. The van der Waals surface area contributed by atoms with Gasteiger partial charge in [-0.05, 0) is 25.8 Å². The van der Waals surface area contributed by atoms with Gasteiger partial charge in [-0.15, -0.1) is 5.10 Å². The molecule has 3 heterocycles. The third-order valence-electron chi connectivity index (χ3n) is 3.35. The number of aromatic nitrogens is 6. The predicted molar refractivity (Wildman–Crippen MR) is 80.3 cm³/mol. The number of hydrogen-bond donors (Lipinski definition) is 2. The molecule has 0 spiro atoms. The Morgan fingerprint density at radius 1 is 1.10 bits per heavy atom. The third kappa shape index (κ3) is 1.99. The van der Waals surface area contributed by atoms with Crippen LogP contribution in [0.1, 0.15) is 36.8 Å². The van der Waals surface area contributed by atoms with Gasteiger partial charge in [0.25, 0.3) is 5.78 Å². The van der Waals surface area contributed by atoms with Gasteiger partial charge in [-0.1, -0.05) is 13.8 Å². The molecule has 4 N–H and O–H groups in total. The first-order valence-electron chi connectivity index (χ1n) is 6.73. The van der Waals surface area contributed by atoms with Crippen LogP contribution in [-0.2, 0) is 0 Å². The largest absolute Gasteiger partial charge is 0.382 e. The Hall–Kier alpha value is -2.64. The molecule has 3 aromatic rings. The Bertz CT molecular complexity index is 826. The van der Waals surface area contributed by atoms with Gasteiger partial charge < -0.3 is 11.5 Å². The minimum Gasteiger partial charge on any atom is -0.382 e. The van der Waals surface area contributed by atoms with Gasteiger partial charge in [0.15, 0.2) is 5.82 Å². The highest BCUT2D eigenvalue weighted by atomic mass is 15.4. The number of rotatable bonds is 2. The number of fused-ring (bicyclic) bond motifs is 1. The number of hydrogen-bond acceptors (Lipinski definition) is 6. The van der Waals surface area contributed by atoms with E-state index in [0.29, 0.717) is 23.2 Å². The standard InChI is InChI=1S/C13H18N8/c1-6(2)9-5-7(3)18-20(9)10-8(4)16-13-17-12(15)19-21(13)11(10)14/h5-6H,14H2,1-4H3,(H2,15,19). The lowest BCUT2D eigenvalue weighted by Crippen LogP contribution is -2.14. The molecule has 0 aliphatic heterocycles. The normalized spacial score (nSPS) is 11.7. The second-order valence-corrected chi connectivity index (χ2v) is 5.39. The first-order valence-corrected chi connectivity index (χ1v) is 6.73. The van der Waals surface area contributed by atoms with Crippen molar-refractivity contribution in [1.82, 2.24) is 29.4 Å². The monoisotopic (exact) mass is 286 g/mol. The van der Waals surface area contributed by atoms with Crippen LogP contribution in [0.2, 0.25) is 0 Å². The predicted octanol–water partition coefficient (Wildman–Crippen LogP) is 1.21. The summed E-state index contributed by atoms with van der Waals surface area (Å²) in [5.41, 5.74) is 15.3. The van der Waals surface area contributed by atoms with Gasteiger partial charge in [-0.25, -0.2) is 9.67 Å². The van der Waals surface area contributed by atoms with Crippen LogP contribution in [0, 0.1) is 13.8 Å². The lowest BCUT2D eigenvalue weighted by molar-refractivity contribution is 0.721. The Morgan fingerprint density at radius 3 is 2.48 bits per heavy atom. The Balaban J connectivity index is 2.34. The fraction of sp³-hybridized carbons (Fsp3) is 0.385. The smallest absolute Gasteiger partial charge is 0.256 e. The van der Waals surface area contributed by atoms with E-state index in [4.69, 9.17) is 11.5 Å². The van der Waals surface area contributed by atoms with Gasteiger partial charge in [-0.2, -0.15) is 14.6 Å². The highest BCUT2D eigenvalue weighted by Gasteiger charge is 2.19. The molecule has 0 amide bonds. The molecule has 0 unspecified atom stereocenters. The van der Waals surface area contributed by atoms with Crippen molar-refractivity contribution in [3.63, 3.8) is 0 Å². The fourth-order valence-electron chi connectivity index (χ4n) is 2.41. The molecule has 0 aliphatic carbocycles. The van der Waals surface area contributed by atoms with Crippen LogP contribution in [0.4, 0.5) is 11.8 Å². The molecule has 3 rings (SSSR count). The summed E-state index contributed by atoms with van der Waals surface area (Å²) >= 11 is 0. The van der Waals surface area contributed by atoms with Gasteiger partial charge in [0, 0.05) is 5.69 Å². The molecule has 21 heavy (non-hydrogen) atoms. The van der Waals surface area contributed by atoms with E-state index in [2.05, 4.69) is 34.0 Å². The molecule has 0 aliphatic rings. The average molecular weight is 286 g/mol. The molecule has 110 valence electrons. The van der Waals surface area contributed by atoms with E-state index >= 15 is 0 Å². The van der Waals surface area contributed by atoms with Crippen molar-refractivity contribution in [1.29, 1.82) is 0 Å². The van der Waals surface area contributed by atoms with Crippen molar-refractivity contribution in [2.75, 3.05) is 11.5 Å². The zero-order valence-electron chi connectivity index (χ0n) is 12.5. The van der Waals surface area contributed by atoms with Gasteiger partial charge in [0.1, 0.15) is 5.69 Å². The zero-order valence-corrected chi connectivity index (χ0v) is 12.5. The van der Waals surface area contributed by atoms with Crippen LogP contribution in [0.25, 0.3) is 11.5 Å². The van der Waals surface area contributed by atoms with Crippen LogP contribution < -0.4 is 11.5 Å². The molecule has 0 aromatic carbocycles. The molecule has 0 saturated heterocycles. The minimum absolute atomic E-state index is 0.145. The summed E-state index contributed by atoms with van der Waals surface area (Å²) < 4.78 is 3.27. The Kier molecular flexibility index (Phi) is 2.82. The molecule has 0 saturated carbocycles. The number of nitrogens with two attached hydrogens (primary N) is 2. The van der Waals surface area contributed by atoms with Gasteiger partial charge in [-0.3, -0.25) is 0 Å². The van der Waals surface area contributed by atoms with E-state index in [1.54, 1.807) is 0 Å². The third-order valence-corrected chi connectivity index (χ3v) is 3.35. The van der Waals surface area contributed by atoms with Crippen LogP contribution in [0.5, 0.6) is 0 Å². The highest BCUT2D eigenvalue weighted by Crippen LogP contribution is 2.26. The average Bonchev–Trinajstić information content (AvgIpc) is 2.92. The second-order valence-electron chi connectivity index (χ2n) is 5.39. The van der Waals surface area contributed by atoms with Crippen molar-refractivity contribution in [2.45, 2.75) is 33.6 Å². The van der Waals surface area contributed by atoms with E-state index in [-0.39, 0.29) is 5.95 Å². The van der Waals surface area contributed by atoms with Crippen LogP contribution in [0.3, 0.4) is 0 Å². The van der Waals surface area contributed by atoms with E-state index in [1.165, 1.54) is 4.52 Å². The quantitative estimate of drug-likeness (QED) is 0.732. The minimum atomic E-state index is 0.145. The molecule has 3 aromatic heterocycles. The van der Waals surface area contributed by atoms with E-state index in [1.807, 2.05) is 24.6 Å². The Labute approximate surface area is 121 Å². The first kappa shape index (κ1) is 13.3. The van der Waals surface area contributed by atoms with Crippen LogP contribution >= 0.6 is 0 Å². The van der Waals surface area contributed by atoms with Gasteiger partial charge in [0.2, 0.25) is 5.95 Å². The van der Waals surface area contributed by atoms with Crippen molar-refractivity contribution >= 4 is 17.5 Å². The fourth-order valence-corrected chi connectivity index (χ4v) is 2.41. The topological polar surface area (TPSA) is 113 Å². The maximum Gasteiger partial charge on any atom is 0.256 e. The van der Waals surface area contributed by atoms with Crippen LogP contribution in [-0.4, -0.2) is 29.4 Å². The highest BCUT2D eigenvalue weighted by molar-refractivity contribution is 5.60. The SMILES string of the molecule is Cc1cc(C(C)C)n(-c2c(C)nc3nc(N)nn3c2N)n1. The lowest BCUT2D eigenvalue weighted by atomic mass is 10.1. The molecular weight excluding hydrogens is 268 g/mol. The maximum atomic E-state index is 6.25. The summed E-state index contributed by atoms with van der Waals surface area (Å²) in [6, 6.07) is 2.05. The molecule has 0 fully saturated rings. The summed E-state index contributed by atoms with van der Waals surface area (Å²) in [7, 11) is 0. The van der Waals surface area contributed by atoms with Gasteiger partial charge >= 0.3 is 0 Å². The summed E-state index contributed by atoms with van der Waals surface area (Å²) in [5, 5.41) is 8.62. The number of nitrogen functional groups attached to an aromatic ring is 2.